The number of nitrogens with one attached hydrogen (secondary N) is 1. The molecule has 10 heteroatoms. The van der Waals surface area contributed by atoms with Crippen LogP contribution in [0.2, 0.25) is 0 Å². The quantitative estimate of drug-likeness (QED) is 0.456. The second kappa shape index (κ2) is 12.6. The molecule has 2 atom stereocenters. The average molecular weight is 524 g/mol. The lowest BCUT2D eigenvalue weighted by atomic mass is 10.0. The van der Waals surface area contributed by atoms with Crippen molar-refractivity contribution in [1.29, 1.82) is 0 Å². The number of unbranched alkanes of at least 4 members (excludes halogenated alkanes) is 3. The van der Waals surface area contributed by atoms with Gasteiger partial charge in [-0.1, -0.05) is 50.8 Å². The van der Waals surface area contributed by atoms with Crippen molar-refractivity contribution in [2.24, 2.45) is 0 Å². The molecule has 0 bridgehead atoms. The van der Waals surface area contributed by atoms with Gasteiger partial charge in [0.1, 0.15) is 11.5 Å². The van der Waals surface area contributed by atoms with Crippen LogP contribution in [0.1, 0.15) is 39.0 Å². The van der Waals surface area contributed by atoms with Gasteiger partial charge in [-0.25, -0.2) is 8.42 Å². The van der Waals surface area contributed by atoms with Gasteiger partial charge >= 0.3 is 0 Å². The Morgan fingerprint density at radius 2 is 2.06 bits per heavy atom. The molecule has 0 spiro atoms. The van der Waals surface area contributed by atoms with E-state index in [2.05, 4.69) is 12.2 Å². The maximum atomic E-state index is 13.5. The fourth-order valence-electron chi connectivity index (χ4n) is 4.89. The van der Waals surface area contributed by atoms with Crippen LogP contribution < -0.4 is 5.32 Å². The van der Waals surface area contributed by atoms with E-state index in [0.29, 0.717) is 18.0 Å². The van der Waals surface area contributed by atoms with Crippen molar-refractivity contribution in [3.63, 3.8) is 0 Å². The Bertz CT molecular complexity index is 1070. The van der Waals surface area contributed by atoms with Crippen LogP contribution in [0.25, 0.3) is 10.1 Å². The summed E-state index contributed by atoms with van der Waals surface area (Å²) in [6.07, 6.45) is 5.72. The molecule has 2 aliphatic heterocycles. The molecule has 0 aliphatic carbocycles. The zero-order valence-electron chi connectivity index (χ0n) is 20.5. The van der Waals surface area contributed by atoms with E-state index in [0.717, 1.165) is 36.0 Å². The van der Waals surface area contributed by atoms with Crippen LogP contribution in [0.5, 0.6) is 0 Å². The van der Waals surface area contributed by atoms with Gasteiger partial charge in [-0.2, -0.15) is 4.31 Å². The Balaban J connectivity index is 1.35. The molecule has 194 valence electrons. The summed E-state index contributed by atoms with van der Waals surface area (Å²) >= 11 is 1.43. The second-order valence-corrected chi connectivity index (χ2v) is 12.0. The van der Waals surface area contributed by atoms with E-state index in [1.807, 2.05) is 29.2 Å². The van der Waals surface area contributed by atoms with Crippen LogP contribution >= 0.6 is 11.3 Å². The van der Waals surface area contributed by atoms with Crippen molar-refractivity contribution in [3.8, 4) is 0 Å². The number of morpholine rings is 1. The van der Waals surface area contributed by atoms with Crippen molar-refractivity contribution < 1.29 is 22.7 Å². The van der Waals surface area contributed by atoms with E-state index in [1.54, 1.807) is 5.38 Å². The Morgan fingerprint density at radius 3 is 2.91 bits per heavy atom. The molecule has 2 saturated heterocycles. The third-order valence-electron chi connectivity index (χ3n) is 6.80. The van der Waals surface area contributed by atoms with Crippen molar-refractivity contribution in [2.75, 3.05) is 52.6 Å². The summed E-state index contributed by atoms with van der Waals surface area (Å²) in [5.74, 6) is -0.0260. The summed E-state index contributed by atoms with van der Waals surface area (Å²) < 4.78 is 40.9. The van der Waals surface area contributed by atoms with Gasteiger partial charge in [-0.3, -0.25) is 4.79 Å². The predicted molar refractivity (Wildman–Crippen MR) is 138 cm³/mol. The summed E-state index contributed by atoms with van der Waals surface area (Å²) in [5, 5.41) is 5.84. The molecular weight excluding hydrogens is 486 g/mol. The molecule has 0 saturated carbocycles. The fourth-order valence-corrected chi connectivity index (χ4v) is 7.94. The van der Waals surface area contributed by atoms with E-state index in [-0.39, 0.29) is 38.3 Å². The van der Waals surface area contributed by atoms with Gasteiger partial charge in [-0.05, 0) is 12.5 Å². The first-order valence-electron chi connectivity index (χ1n) is 12.7. The summed E-state index contributed by atoms with van der Waals surface area (Å²) in [5.41, 5.74) is 0. The van der Waals surface area contributed by atoms with Gasteiger partial charge in [0.25, 0.3) is 0 Å². The van der Waals surface area contributed by atoms with E-state index >= 15 is 0 Å². The van der Waals surface area contributed by atoms with Crippen LogP contribution in [0, 0.1) is 0 Å². The molecule has 8 nitrogen and oxygen atoms in total. The molecule has 1 amide bonds. The number of nitrogens with zero attached hydrogens (tertiary/aromatic N) is 2. The topological polar surface area (TPSA) is 88.2 Å². The smallest absolute Gasteiger partial charge is 0.248 e. The lowest BCUT2D eigenvalue weighted by Gasteiger charge is -2.37. The second-order valence-electron chi connectivity index (χ2n) is 9.25. The number of rotatable bonds is 11. The average Bonchev–Trinajstić information content (AvgIpc) is 3.32. The summed E-state index contributed by atoms with van der Waals surface area (Å²) in [6.45, 7) is 5.42. The number of amides is 1. The first kappa shape index (κ1) is 26.5. The highest BCUT2D eigenvalue weighted by Gasteiger charge is 2.36. The number of ether oxygens (including phenoxy) is 2. The maximum absolute atomic E-state index is 13.5. The minimum Gasteiger partial charge on any atom is -0.378 e. The van der Waals surface area contributed by atoms with Crippen molar-refractivity contribution in [2.45, 2.75) is 56.0 Å². The lowest BCUT2D eigenvalue weighted by Crippen LogP contribution is -2.55. The van der Waals surface area contributed by atoms with E-state index < -0.39 is 16.1 Å². The molecule has 2 aromatic rings. The van der Waals surface area contributed by atoms with Crippen LogP contribution in [-0.4, -0.2) is 88.2 Å². The zero-order chi connectivity index (χ0) is 24.7. The third-order valence-corrected chi connectivity index (χ3v) is 9.91. The first-order chi connectivity index (χ1) is 17.0. The number of carbonyl (C=O) groups is 1. The number of hydrogen-bond acceptors (Lipinski definition) is 7. The highest BCUT2D eigenvalue weighted by Crippen LogP contribution is 2.32. The number of thiophene rings is 1. The summed E-state index contributed by atoms with van der Waals surface area (Å²) in [7, 11) is -3.71. The molecule has 1 unspecified atom stereocenters. The highest BCUT2D eigenvalue weighted by atomic mass is 32.2. The molecule has 1 aromatic heterocycles. The normalized spacial score (nSPS) is 22.0. The highest BCUT2D eigenvalue weighted by molar-refractivity contribution is 7.89. The molecule has 1 aromatic carbocycles. The van der Waals surface area contributed by atoms with Gasteiger partial charge in [-0.15, -0.1) is 11.3 Å². The standard InChI is InChI=1S/C25H37N3O5S2/c1-2-3-4-5-8-20-15-26-11-12-27(20)25(29)18-33-17-21-16-32-14-13-28(21)35(30,31)24-19-34-23-10-7-6-9-22(23)24/h6-7,9-10,19-21,26H,2-5,8,11-18H2,1H3/t20?,21-/m0/s1. The molecule has 2 aliphatic rings. The summed E-state index contributed by atoms with van der Waals surface area (Å²) in [6, 6.07) is 7.26. The van der Waals surface area contributed by atoms with Gasteiger partial charge in [0.2, 0.25) is 15.9 Å². The predicted octanol–water partition coefficient (Wildman–Crippen LogP) is 3.08. The Morgan fingerprint density at radius 1 is 1.20 bits per heavy atom. The van der Waals surface area contributed by atoms with Crippen LogP contribution in [0.4, 0.5) is 0 Å². The van der Waals surface area contributed by atoms with Crippen molar-refractivity contribution in [1.82, 2.24) is 14.5 Å². The summed E-state index contributed by atoms with van der Waals surface area (Å²) in [4.78, 5) is 15.2. The minimum absolute atomic E-state index is 0.0260. The van der Waals surface area contributed by atoms with Crippen LogP contribution in [0.15, 0.2) is 34.5 Å². The monoisotopic (exact) mass is 523 g/mol. The molecular formula is C25H37N3O5S2. The lowest BCUT2D eigenvalue weighted by molar-refractivity contribution is -0.140. The molecule has 3 heterocycles. The number of sulfonamides is 1. The third kappa shape index (κ3) is 6.42. The molecule has 2 fully saturated rings. The first-order valence-corrected chi connectivity index (χ1v) is 15.0. The molecule has 0 radical (unpaired) electrons. The number of carbonyl (C=O) groups excluding carboxylic acids is 1. The van der Waals surface area contributed by atoms with Gasteiger partial charge in [0, 0.05) is 47.7 Å². The maximum Gasteiger partial charge on any atom is 0.248 e. The Labute approximate surface area is 212 Å². The van der Waals surface area contributed by atoms with Crippen LogP contribution in [-0.2, 0) is 24.3 Å². The van der Waals surface area contributed by atoms with Crippen LogP contribution in [0.3, 0.4) is 0 Å². The van der Waals surface area contributed by atoms with Gasteiger partial charge < -0.3 is 19.7 Å². The van der Waals surface area contributed by atoms with E-state index in [1.165, 1.54) is 34.9 Å². The number of fused-ring (bicyclic) bond motifs is 1. The number of hydrogen-bond donors (Lipinski definition) is 1. The van der Waals surface area contributed by atoms with Crippen molar-refractivity contribution in [3.05, 3.63) is 29.6 Å². The Kier molecular flexibility index (Phi) is 9.54. The van der Waals surface area contributed by atoms with Gasteiger partial charge in [0.05, 0.1) is 25.9 Å². The van der Waals surface area contributed by atoms with E-state index in [9.17, 15) is 13.2 Å². The Hall–Kier alpha value is -1.56. The zero-order valence-corrected chi connectivity index (χ0v) is 22.1. The van der Waals surface area contributed by atoms with Crippen molar-refractivity contribution >= 4 is 37.4 Å². The minimum atomic E-state index is -3.71. The van der Waals surface area contributed by atoms with E-state index in [4.69, 9.17) is 9.47 Å². The molecule has 4 rings (SSSR count). The molecule has 1 N–H and O–H groups in total. The SMILES string of the molecule is CCCCCCC1CNCCN1C(=O)COC[C@@H]1COCCN1S(=O)(=O)c1csc2ccccc12. The number of piperazine rings is 1. The number of benzene rings is 1. The van der Waals surface area contributed by atoms with Gasteiger partial charge in [0.15, 0.2) is 0 Å². The largest absolute Gasteiger partial charge is 0.378 e. The fraction of sp³-hybridized carbons (Fsp3) is 0.640. The molecule has 35 heavy (non-hydrogen) atoms.